The zero-order valence-corrected chi connectivity index (χ0v) is 14.9. The summed E-state index contributed by atoms with van der Waals surface area (Å²) >= 11 is 0. The van der Waals surface area contributed by atoms with E-state index in [-0.39, 0.29) is 18.2 Å². The zero-order chi connectivity index (χ0) is 18.8. The van der Waals surface area contributed by atoms with Gasteiger partial charge in [-0.25, -0.2) is 5.43 Å². The van der Waals surface area contributed by atoms with Crippen LogP contribution in [0.5, 0.6) is 17.2 Å². The third kappa shape index (κ3) is 6.01. The molecule has 0 saturated heterocycles. The molecule has 7 nitrogen and oxygen atoms in total. The number of carbonyl (C=O) groups excluding carboxylic acids is 1. The minimum absolute atomic E-state index is 0.0626. The van der Waals surface area contributed by atoms with Crippen molar-refractivity contribution >= 4 is 17.8 Å². The van der Waals surface area contributed by atoms with E-state index < -0.39 is 0 Å². The van der Waals surface area contributed by atoms with E-state index in [4.69, 9.17) is 9.47 Å². The fourth-order valence-electron chi connectivity index (χ4n) is 2.12. The van der Waals surface area contributed by atoms with Crippen LogP contribution in [0.25, 0.3) is 0 Å². The number of amides is 1. The molecule has 1 amide bonds. The Labute approximate surface area is 152 Å². The van der Waals surface area contributed by atoms with Gasteiger partial charge in [0.05, 0.1) is 26.0 Å². The van der Waals surface area contributed by atoms with E-state index >= 15 is 0 Å². The Bertz CT molecular complexity index is 745. The monoisotopic (exact) mass is 357 g/mol. The van der Waals surface area contributed by atoms with E-state index in [1.54, 1.807) is 12.1 Å². The van der Waals surface area contributed by atoms with Crippen molar-refractivity contribution in [1.82, 2.24) is 5.43 Å². The van der Waals surface area contributed by atoms with Gasteiger partial charge in [-0.05, 0) is 61.9 Å². The molecular formula is C19H23N3O4. The average molecular weight is 357 g/mol. The number of phenols is 1. The lowest BCUT2D eigenvalue weighted by atomic mass is 10.2. The summed E-state index contributed by atoms with van der Waals surface area (Å²) in [4.78, 5) is 11.8. The summed E-state index contributed by atoms with van der Waals surface area (Å²) < 4.78 is 10.7. The van der Waals surface area contributed by atoms with Crippen molar-refractivity contribution in [3.05, 3.63) is 48.0 Å². The Morgan fingerprint density at radius 1 is 1.12 bits per heavy atom. The first kappa shape index (κ1) is 19.1. The van der Waals surface area contributed by atoms with Crippen molar-refractivity contribution in [2.75, 3.05) is 25.1 Å². The molecule has 2 rings (SSSR count). The van der Waals surface area contributed by atoms with Crippen molar-refractivity contribution in [3.63, 3.8) is 0 Å². The van der Waals surface area contributed by atoms with Gasteiger partial charge in [0.1, 0.15) is 5.75 Å². The van der Waals surface area contributed by atoms with Crippen LogP contribution in [0.2, 0.25) is 0 Å². The van der Waals surface area contributed by atoms with Crippen molar-refractivity contribution < 1.29 is 19.4 Å². The van der Waals surface area contributed by atoms with E-state index in [1.165, 1.54) is 12.3 Å². The van der Waals surface area contributed by atoms with Gasteiger partial charge in [-0.3, -0.25) is 4.79 Å². The number of hydrogen-bond acceptors (Lipinski definition) is 6. The van der Waals surface area contributed by atoms with Gasteiger partial charge < -0.3 is 19.9 Å². The summed E-state index contributed by atoms with van der Waals surface area (Å²) in [6, 6.07) is 12.2. The molecule has 0 fully saturated rings. The number of hydrogen-bond donors (Lipinski definition) is 3. The highest BCUT2D eigenvalue weighted by atomic mass is 16.5. The smallest absolute Gasteiger partial charge is 0.259 e. The van der Waals surface area contributed by atoms with Crippen LogP contribution in [0.4, 0.5) is 5.69 Å². The topological polar surface area (TPSA) is 92.2 Å². The van der Waals surface area contributed by atoms with Gasteiger partial charge in [0.25, 0.3) is 5.91 Å². The Morgan fingerprint density at radius 2 is 1.85 bits per heavy atom. The maximum absolute atomic E-state index is 11.8. The van der Waals surface area contributed by atoms with E-state index in [9.17, 15) is 9.90 Å². The molecule has 0 aliphatic carbocycles. The molecule has 0 spiro atoms. The van der Waals surface area contributed by atoms with Crippen LogP contribution in [-0.4, -0.2) is 37.0 Å². The maximum Gasteiger partial charge on any atom is 0.259 e. The first-order chi connectivity index (χ1) is 12.6. The predicted octanol–water partition coefficient (Wildman–Crippen LogP) is 2.75. The van der Waals surface area contributed by atoms with Gasteiger partial charge in [0.2, 0.25) is 0 Å². The first-order valence-corrected chi connectivity index (χ1v) is 8.36. The van der Waals surface area contributed by atoms with Crippen molar-refractivity contribution in [1.29, 1.82) is 0 Å². The highest BCUT2D eigenvalue weighted by molar-refractivity contribution is 5.84. The molecule has 3 N–H and O–H groups in total. The number of hydrazone groups is 1. The van der Waals surface area contributed by atoms with Gasteiger partial charge >= 0.3 is 0 Å². The molecule has 2 aromatic carbocycles. The van der Waals surface area contributed by atoms with Crippen LogP contribution in [0, 0.1) is 0 Å². The second-order valence-electron chi connectivity index (χ2n) is 5.26. The molecule has 26 heavy (non-hydrogen) atoms. The zero-order valence-electron chi connectivity index (χ0n) is 14.9. The molecule has 7 heteroatoms. The molecule has 138 valence electrons. The molecule has 0 aromatic heterocycles. The standard InChI is InChI=1S/C19H23N3O4/c1-3-25-16-8-6-15(7-9-16)20-13-19(24)22-21-12-14-5-10-17(23)18(11-14)26-4-2/h5-12,20,23H,3-4,13H2,1-2H3,(H,22,24)/b21-12+. The summed E-state index contributed by atoms with van der Waals surface area (Å²) in [6.07, 6.45) is 1.48. The number of aromatic hydroxyl groups is 1. The number of ether oxygens (including phenoxy) is 2. The lowest BCUT2D eigenvalue weighted by Gasteiger charge is -2.07. The Balaban J connectivity index is 1.81. The van der Waals surface area contributed by atoms with Crippen molar-refractivity contribution in [2.24, 2.45) is 5.10 Å². The molecule has 0 bridgehead atoms. The minimum Gasteiger partial charge on any atom is -0.504 e. The van der Waals surface area contributed by atoms with Crippen LogP contribution in [0.15, 0.2) is 47.6 Å². The summed E-state index contributed by atoms with van der Waals surface area (Å²) in [5, 5.41) is 16.6. The number of rotatable bonds is 9. The number of nitrogens with one attached hydrogen (secondary N) is 2. The van der Waals surface area contributed by atoms with E-state index in [1.807, 2.05) is 38.1 Å². The fraction of sp³-hybridized carbons (Fsp3) is 0.263. The normalized spacial score (nSPS) is 10.5. The third-order valence-electron chi connectivity index (χ3n) is 3.30. The first-order valence-electron chi connectivity index (χ1n) is 8.36. The molecule has 0 atom stereocenters. The average Bonchev–Trinajstić information content (AvgIpc) is 2.64. The van der Waals surface area contributed by atoms with E-state index in [0.717, 1.165) is 11.4 Å². The van der Waals surface area contributed by atoms with Gasteiger partial charge in [0, 0.05) is 5.69 Å². The molecule has 0 aliphatic heterocycles. The fourth-order valence-corrected chi connectivity index (χ4v) is 2.12. The van der Waals surface area contributed by atoms with Crippen LogP contribution >= 0.6 is 0 Å². The highest BCUT2D eigenvalue weighted by Crippen LogP contribution is 2.26. The van der Waals surface area contributed by atoms with E-state index in [0.29, 0.717) is 24.5 Å². The summed E-state index contributed by atoms with van der Waals surface area (Å²) in [5.74, 6) is 0.943. The number of benzene rings is 2. The predicted molar refractivity (Wildman–Crippen MR) is 101 cm³/mol. The molecule has 0 unspecified atom stereocenters. The largest absolute Gasteiger partial charge is 0.504 e. The molecule has 0 radical (unpaired) electrons. The van der Waals surface area contributed by atoms with Crippen LogP contribution < -0.4 is 20.2 Å². The lowest BCUT2D eigenvalue weighted by molar-refractivity contribution is -0.119. The quantitative estimate of drug-likeness (QED) is 0.474. The molecule has 2 aromatic rings. The lowest BCUT2D eigenvalue weighted by Crippen LogP contribution is -2.25. The second-order valence-corrected chi connectivity index (χ2v) is 5.26. The number of nitrogens with zero attached hydrogens (tertiary/aromatic N) is 1. The molecule has 0 saturated carbocycles. The molecule has 0 aliphatic rings. The number of phenolic OH excluding ortho intramolecular Hbond substituents is 1. The number of carbonyl (C=O) groups is 1. The van der Waals surface area contributed by atoms with Crippen molar-refractivity contribution in [3.8, 4) is 17.2 Å². The minimum atomic E-state index is -0.279. The highest BCUT2D eigenvalue weighted by Gasteiger charge is 2.03. The number of anilines is 1. The van der Waals surface area contributed by atoms with Gasteiger partial charge in [0.15, 0.2) is 11.5 Å². The summed E-state index contributed by atoms with van der Waals surface area (Å²) in [5.41, 5.74) is 3.95. The SMILES string of the molecule is CCOc1ccc(NCC(=O)N/N=C/c2ccc(O)c(OCC)c2)cc1. The maximum atomic E-state index is 11.8. The second kappa shape index (κ2) is 9.93. The van der Waals surface area contributed by atoms with Gasteiger partial charge in [-0.15, -0.1) is 0 Å². The third-order valence-corrected chi connectivity index (χ3v) is 3.30. The molecular weight excluding hydrogens is 334 g/mol. The van der Waals surface area contributed by atoms with Gasteiger partial charge in [-0.1, -0.05) is 0 Å². The van der Waals surface area contributed by atoms with Crippen LogP contribution in [0.1, 0.15) is 19.4 Å². The van der Waals surface area contributed by atoms with Crippen LogP contribution in [-0.2, 0) is 4.79 Å². The molecule has 0 heterocycles. The van der Waals surface area contributed by atoms with Gasteiger partial charge in [-0.2, -0.15) is 5.10 Å². The summed E-state index contributed by atoms with van der Waals surface area (Å²) in [7, 11) is 0. The summed E-state index contributed by atoms with van der Waals surface area (Å²) in [6.45, 7) is 4.90. The van der Waals surface area contributed by atoms with Crippen molar-refractivity contribution in [2.45, 2.75) is 13.8 Å². The Morgan fingerprint density at radius 3 is 2.54 bits per heavy atom. The Hall–Kier alpha value is -3.22. The van der Waals surface area contributed by atoms with Crippen LogP contribution in [0.3, 0.4) is 0 Å². The Kier molecular flexibility index (Phi) is 7.30. The van der Waals surface area contributed by atoms with E-state index in [2.05, 4.69) is 15.8 Å².